The molecule has 13 heavy (non-hydrogen) atoms. The van der Waals surface area contributed by atoms with E-state index in [1.54, 1.807) is 0 Å². The molecule has 0 spiro atoms. The predicted molar refractivity (Wildman–Crippen MR) is 70.1 cm³/mol. The van der Waals surface area contributed by atoms with Crippen LogP contribution in [0.2, 0.25) is 58.0 Å². The average Bonchev–Trinajstić information content (AvgIpc) is 1.43. The fraction of sp³-hybridized carbons (Fsp3) is 1.00. The van der Waals surface area contributed by atoms with Crippen molar-refractivity contribution in [1.29, 1.82) is 0 Å². The second-order valence-electron chi connectivity index (χ2n) is 6.71. The molecule has 0 unspecified atom stereocenters. The molecule has 4 heteroatoms. The van der Waals surface area contributed by atoms with Crippen molar-refractivity contribution < 1.29 is 4.12 Å². The first-order chi connectivity index (χ1) is 5.41. The monoisotopic (exact) mass is 234 g/mol. The van der Waals surface area contributed by atoms with Gasteiger partial charge in [-0.2, -0.15) is 0 Å². The molecule has 0 heterocycles. The Hall–Kier alpha value is 0.611. The third kappa shape index (κ3) is 8.93. The standard InChI is InChI=1S/C9H26OSi3/c1-11(2,3)9-13(7,8)10-12(4,5)6/h9H2,1-8H3. The zero-order chi connectivity index (χ0) is 10.9. The Balaban J connectivity index is 4.25. The average molecular weight is 235 g/mol. The van der Waals surface area contributed by atoms with Crippen molar-refractivity contribution in [2.45, 2.75) is 58.0 Å². The minimum absolute atomic E-state index is 0.933. The minimum Gasteiger partial charge on any atom is -0.456 e. The lowest BCUT2D eigenvalue weighted by molar-refractivity contribution is 0.555. The first kappa shape index (κ1) is 13.6. The van der Waals surface area contributed by atoms with Crippen molar-refractivity contribution in [2.75, 3.05) is 0 Å². The molecule has 0 fully saturated rings. The maximum atomic E-state index is 6.31. The predicted octanol–water partition coefficient (Wildman–Crippen LogP) is 3.92. The van der Waals surface area contributed by atoms with Crippen LogP contribution >= 0.6 is 0 Å². The van der Waals surface area contributed by atoms with Gasteiger partial charge in [-0.3, -0.25) is 0 Å². The van der Waals surface area contributed by atoms with Crippen LogP contribution in [0, 0.1) is 0 Å². The third-order valence-electron chi connectivity index (χ3n) is 1.54. The second kappa shape index (κ2) is 4.00. The molecule has 0 radical (unpaired) electrons. The molecule has 0 aromatic heterocycles. The molecule has 0 aliphatic rings. The van der Waals surface area contributed by atoms with Gasteiger partial charge in [-0.1, -0.05) is 19.6 Å². The summed E-state index contributed by atoms with van der Waals surface area (Å²) in [6, 6.07) is 0. The SMILES string of the molecule is C[Si](C)(C)C[Si](C)(C)O[Si](C)(C)C. The van der Waals surface area contributed by atoms with Gasteiger partial charge in [-0.05, 0) is 38.4 Å². The van der Waals surface area contributed by atoms with Crippen LogP contribution < -0.4 is 0 Å². The molecule has 0 amide bonds. The van der Waals surface area contributed by atoms with Gasteiger partial charge in [-0.25, -0.2) is 0 Å². The molecule has 0 aromatic rings. The fourth-order valence-corrected chi connectivity index (χ4v) is 19.9. The van der Waals surface area contributed by atoms with Gasteiger partial charge in [0.1, 0.15) is 0 Å². The van der Waals surface area contributed by atoms with E-state index in [1.165, 1.54) is 5.67 Å². The van der Waals surface area contributed by atoms with Crippen molar-refractivity contribution in [3.05, 3.63) is 0 Å². The normalized spacial score (nSPS) is 14.8. The summed E-state index contributed by atoms with van der Waals surface area (Å²) in [7, 11) is -3.59. The summed E-state index contributed by atoms with van der Waals surface area (Å²) >= 11 is 0. The van der Waals surface area contributed by atoms with E-state index in [0.29, 0.717) is 0 Å². The number of rotatable bonds is 4. The Bertz CT molecular complexity index is 147. The summed E-state index contributed by atoms with van der Waals surface area (Å²) in [5.41, 5.74) is 1.39. The van der Waals surface area contributed by atoms with Gasteiger partial charge < -0.3 is 4.12 Å². The summed E-state index contributed by atoms with van der Waals surface area (Å²) in [5.74, 6) is 0. The van der Waals surface area contributed by atoms with E-state index in [0.717, 1.165) is 0 Å². The summed E-state index contributed by atoms with van der Waals surface area (Å²) < 4.78 is 6.31. The maximum absolute atomic E-state index is 6.31. The van der Waals surface area contributed by atoms with Crippen LogP contribution in [-0.2, 0) is 4.12 Å². The Morgan fingerprint density at radius 2 is 1.15 bits per heavy atom. The molecule has 0 atom stereocenters. The van der Waals surface area contributed by atoms with Crippen molar-refractivity contribution >= 4 is 24.7 Å². The first-order valence-corrected chi connectivity index (χ1v) is 15.3. The molecule has 0 saturated carbocycles. The van der Waals surface area contributed by atoms with Gasteiger partial charge in [0.25, 0.3) is 0 Å². The van der Waals surface area contributed by atoms with Gasteiger partial charge in [0.2, 0.25) is 0 Å². The van der Waals surface area contributed by atoms with Crippen molar-refractivity contribution in [3.63, 3.8) is 0 Å². The van der Waals surface area contributed by atoms with Crippen molar-refractivity contribution in [1.82, 2.24) is 0 Å². The summed E-state index contributed by atoms with van der Waals surface area (Å²) in [5, 5.41) is 0. The van der Waals surface area contributed by atoms with Crippen LogP contribution in [0.25, 0.3) is 0 Å². The van der Waals surface area contributed by atoms with Gasteiger partial charge >= 0.3 is 0 Å². The molecule has 0 aromatic carbocycles. The van der Waals surface area contributed by atoms with E-state index in [2.05, 4.69) is 52.4 Å². The van der Waals surface area contributed by atoms with Crippen LogP contribution in [0.15, 0.2) is 0 Å². The summed E-state index contributed by atoms with van der Waals surface area (Å²) in [4.78, 5) is 0. The molecule has 0 bridgehead atoms. The van der Waals surface area contributed by atoms with Crippen LogP contribution in [0.3, 0.4) is 0 Å². The largest absolute Gasteiger partial charge is 0.456 e. The minimum atomic E-state index is -1.35. The highest BCUT2D eigenvalue weighted by Crippen LogP contribution is 2.23. The third-order valence-corrected chi connectivity index (χ3v) is 13.8. The van der Waals surface area contributed by atoms with E-state index in [-0.39, 0.29) is 0 Å². The summed E-state index contributed by atoms with van der Waals surface area (Å²) in [6.07, 6.45) is 0. The Morgan fingerprint density at radius 3 is 1.38 bits per heavy atom. The van der Waals surface area contributed by atoms with E-state index in [1.807, 2.05) is 0 Å². The molecule has 0 saturated heterocycles. The zero-order valence-electron chi connectivity index (χ0n) is 10.6. The zero-order valence-corrected chi connectivity index (χ0v) is 13.6. The quantitative estimate of drug-likeness (QED) is 0.670. The van der Waals surface area contributed by atoms with Crippen LogP contribution in [-0.4, -0.2) is 24.7 Å². The van der Waals surface area contributed by atoms with Crippen LogP contribution in [0.1, 0.15) is 0 Å². The summed E-state index contributed by atoms with van der Waals surface area (Å²) in [6.45, 7) is 19.0. The van der Waals surface area contributed by atoms with Gasteiger partial charge in [0.15, 0.2) is 16.6 Å². The van der Waals surface area contributed by atoms with Crippen LogP contribution in [0.5, 0.6) is 0 Å². The molecule has 0 N–H and O–H groups in total. The second-order valence-corrected chi connectivity index (χ2v) is 21.8. The highest BCUT2D eigenvalue weighted by atomic mass is 28.4. The van der Waals surface area contributed by atoms with E-state index >= 15 is 0 Å². The molecule has 0 aliphatic carbocycles. The number of hydrogen-bond donors (Lipinski definition) is 0. The molecular weight excluding hydrogens is 208 g/mol. The van der Waals surface area contributed by atoms with E-state index in [9.17, 15) is 0 Å². The van der Waals surface area contributed by atoms with Crippen molar-refractivity contribution in [3.8, 4) is 0 Å². The highest BCUT2D eigenvalue weighted by Gasteiger charge is 2.34. The lowest BCUT2D eigenvalue weighted by Gasteiger charge is -2.35. The van der Waals surface area contributed by atoms with E-state index in [4.69, 9.17) is 4.12 Å². The van der Waals surface area contributed by atoms with Gasteiger partial charge in [0.05, 0.1) is 0 Å². The molecule has 0 rings (SSSR count). The smallest absolute Gasteiger partial charge is 0.170 e. The topological polar surface area (TPSA) is 9.23 Å². The van der Waals surface area contributed by atoms with Crippen LogP contribution in [0.4, 0.5) is 0 Å². The van der Waals surface area contributed by atoms with Gasteiger partial charge in [0, 0.05) is 8.07 Å². The molecule has 0 aliphatic heterocycles. The molecule has 1 nitrogen and oxygen atoms in total. The lowest BCUT2D eigenvalue weighted by Crippen LogP contribution is -2.46. The van der Waals surface area contributed by atoms with E-state index < -0.39 is 24.7 Å². The first-order valence-electron chi connectivity index (χ1n) is 5.12. The molecular formula is C9H26OSi3. The number of hydrogen-bond acceptors (Lipinski definition) is 1. The highest BCUT2D eigenvalue weighted by molar-refractivity contribution is 6.95. The Morgan fingerprint density at radius 1 is 0.769 bits per heavy atom. The lowest BCUT2D eigenvalue weighted by atomic mass is 11.7. The molecule has 80 valence electrons. The maximum Gasteiger partial charge on any atom is 0.170 e. The fourth-order valence-electron chi connectivity index (χ4n) is 2.14. The Labute approximate surface area is 87.2 Å². The van der Waals surface area contributed by atoms with Crippen molar-refractivity contribution in [2.24, 2.45) is 0 Å². The Kier molecular flexibility index (Phi) is 4.19. The van der Waals surface area contributed by atoms with Gasteiger partial charge in [-0.15, -0.1) is 0 Å².